The molecular formula is C19H22N2. The van der Waals surface area contributed by atoms with Crippen molar-refractivity contribution in [2.75, 3.05) is 6.54 Å². The Labute approximate surface area is 127 Å². The van der Waals surface area contributed by atoms with Crippen molar-refractivity contribution in [3.63, 3.8) is 0 Å². The Bertz CT molecular complexity index is 577. The standard InChI is InChI=1S/C19H22N2/c1-2-20-13-14-21(16-18-11-7-4-8-12-18)19(20)15-17-9-5-3-6-10-17/h3-14,19H,2,15-16H2,1H3. The van der Waals surface area contributed by atoms with E-state index in [0.29, 0.717) is 6.17 Å². The fourth-order valence-electron chi connectivity index (χ4n) is 2.89. The van der Waals surface area contributed by atoms with Crippen LogP contribution in [0.3, 0.4) is 0 Å². The average Bonchev–Trinajstić information content (AvgIpc) is 2.91. The van der Waals surface area contributed by atoms with Crippen molar-refractivity contribution in [2.24, 2.45) is 0 Å². The number of likely N-dealkylation sites (N-methyl/N-ethyl adjacent to an activating group) is 1. The molecule has 2 aromatic carbocycles. The number of hydrogen-bond acceptors (Lipinski definition) is 2. The lowest BCUT2D eigenvalue weighted by molar-refractivity contribution is 0.152. The van der Waals surface area contributed by atoms with Gasteiger partial charge < -0.3 is 9.80 Å². The molecule has 0 saturated heterocycles. The molecule has 0 radical (unpaired) electrons. The molecule has 1 atom stereocenters. The second-order valence-electron chi connectivity index (χ2n) is 5.46. The Kier molecular flexibility index (Phi) is 4.25. The first-order valence-corrected chi connectivity index (χ1v) is 7.64. The lowest BCUT2D eigenvalue weighted by atomic mass is 10.1. The van der Waals surface area contributed by atoms with Gasteiger partial charge in [-0.3, -0.25) is 0 Å². The molecule has 0 aromatic heterocycles. The molecule has 2 aromatic rings. The van der Waals surface area contributed by atoms with Crippen LogP contribution < -0.4 is 0 Å². The Morgan fingerprint density at radius 2 is 1.33 bits per heavy atom. The fourth-order valence-corrected chi connectivity index (χ4v) is 2.89. The van der Waals surface area contributed by atoms with Crippen LogP contribution in [0.4, 0.5) is 0 Å². The zero-order valence-corrected chi connectivity index (χ0v) is 12.5. The van der Waals surface area contributed by atoms with E-state index in [2.05, 4.69) is 89.8 Å². The second-order valence-corrected chi connectivity index (χ2v) is 5.46. The summed E-state index contributed by atoms with van der Waals surface area (Å²) in [7, 11) is 0. The van der Waals surface area contributed by atoms with Crippen LogP contribution in [0, 0.1) is 0 Å². The molecule has 0 saturated carbocycles. The van der Waals surface area contributed by atoms with Gasteiger partial charge in [-0.15, -0.1) is 0 Å². The zero-order valence-electron chi connectivity index (χ0n) is 12.5. The van der Waals surface area contributed by atoms with E-state index in [1.54, 1.807) is 0 Å². The van der Waals surface area contributed by atoms with E-state index in [9.17, 15) is 0 Å². The molecule has 1 aliphatic heterocycles. The molecule has 2 nitrogen and oxygen atoms in total. The summed E-state index contributed by atoms with van der Waals surface area (Å²) in [5.74, 6) is 0. The van der Waals surface area contributed by atoms with Gasteiger partial charge in [0.25, 0.3) is 0 Å². The van der Waals surface area contributed by atoms with Gasteiger partial charge in [0.15, 0.2) is 0 Å². The minimum absolute atomic E-state index is 0.414. The summed E-state index contributed by atoms with van der Waals surface area (Å²) >= 11 is 0. The van der Waals surface area contributed by atoms with Gasteiger partial charge in [-0.1, -0.05) is 60.7 Å². The molecule has 0 amide bonds. The van der Waals surface area contributed by atoms with Crippen molar-refractivity contribution in [2.45, 2.75) is 26.1 Å². The summed E-state index contributed by atoms with van der Waals surface area (Å²) in [4.78, 5) is 4.85. The summed E-state index contributed by atoms with van der Waals surface area (Å²) in [6.45, 7) is 4.22. The van der Waals surface area contributed by atoms with E-state index >= 15 is 0 Å². The van der Waals surface area contributed by atoms with Gasteiger partial charge in [0.1, 0.15) is 6.17 Å². The van der Waals surface area contributed by atoms with Gasteiger partial charge in [-0.2, -0.15) is 0 Å². The summed E-state index contributed by atoms with van der Waals surface area (Å²) in [5, 5.41) is 0. The number of hydrogen-bond donors (Lipinski definition) is 0. The summed E-state index contributed by atoms with van der Waals surface area (Å²) in [6, 6.07) is 21.4. The lowest BCUT2D eigenvalue weighted by Gasteiger charge is -2.32. The molecule has 0 N–H and O–H groups in total. The molecule has 1 aliphatic rings. The first-order valence-electron chi connectivity index (χ1n) is 7.64. The molecule has 21 heavy (non-hydrogen) atoms. The van der Waals surface area contributed by atoms with Crippen molar-refractivity contribution < 1.29 is 0 Å². The molecule has 108 valence electrons. The smallest absolute Gasteiger partial charge is 0.105 e. The van der Waals surface area contributed by atoms with Crippen LogP contribution in [0.2, 0.25) is 0 Å². The summed E-state index contributed by atoms with van der Waals surface area (Å²) in [5.41, 5.74) is 2.75. The number of nitrogens with zero attached hydrogens (tertiary/aromatic N) is 2. The molecule has 2 heteroatoms. The Balaban J connectivity index is 1.74. The lowest BCUT2D eigenvalue weighted by Crippen LogP contribution is -2.39. The van der Waals surface area contributed by atoms with Gasteiger partial charge in [0, 0.05) is 31.9 Å². The van der Waals surface area contributed by atoms with Crippen molar-refractivity contribution in [3.05, 3.63) is 84.2 Å². The third-order valence-electron chi connectivity index (χ3n) is 4.05. The predicted octanol–water partition coefficient (Wildman–Crippen LogP) is 3.86. The van der Waals surface area contributed by atoms with E-state index in [1.165, 1.54) is 11.1 Å². The first-order chi connectivity index (χ1) is 10.4. The molecule has 0 aliphatic carbocycles. The van der Waals surface area contributed by atoms with E-state index in [1.807, 2.05) is 0 Å². The van der Waals surface area contributed by atoms with Crippen LogP contribution in [0.25, 0.3) is 0 Å². The van der Waals surface area contributed by atoms with Crippen molar-refractivity contribution >= 4 is 0 Å². The monoisotopic (exact) mass is 278 g/mol. The van der Waals surface area contributed by atoms with Gasteiger partial charge >= 0.3 is 0 Å². The van der Waals surface area contributed by atoms with Crippen molar-refractivity contribution in [1.82, 2.24) is 9.80 Å². The summed E-state index contributed by atoms with van der Waals surface area (Å²) in [6.07, 6.45) is 5.91. The van der Waals surface area contributed by atoms with Gasteiger partial charge in [-0.05, 0) is 18.1 Å². The molecule has 1 heterocycles. The quantitative estimate of drug-likeness (QED) is 0.819. The van der Waals surface area contributed by atoms with E-state index in [4.69, 9.17) is 0 Å². The highest BCUT2D eigenvalue weighted by molar-refractivity contribution is 5.19. The van der Waals surface area contributed by atoms with E-state index in [0.717, 1.165) is 19.5 Å². The average molecular weight is 278 g/mol. The molecule has 3 rings (SSSR count). The summed E-state index contributed by atoms with van der Waals surface area (Å²) < 4.78 is 0. The minimum atomic E-state index is 0.414. The third kappa shape index (κ3) is 3.27. The normalized spacial score (nSPS) is 17.5. The highest BCUT2D eigenvalue weighted by Gasteiger charge is 2.25. The molecule has 1 unspecified atom stereocenters. The molecular weight excluding hydrogens is 256 g/mol. The molecule has 0 spiro atoms. The predicted molar refractivity (Wildman–Crippen MR) is 87.4 cm³/mol. The number of rotatable bonds is 5. The van der Waals surface area contributed by atoms with Crippen LogP contribution in [0.15, 0.2) is 73.1 Å². The maximum atomic E-state index is 2.44. The maximum Gasteiger partial charge on any atom is 0.105 e. The van der Waals surface area contributed by atoms with Crippen LogP contribution in [0.1, 0.15) is 18.1 Å². The minimum Gasteiger partial charge on any atom is -0.356 e. The molecule has 0 fully saturated rings. The van der Waals surface area contributed by atoms with Crippen LogP contribution in [-0.2, 0) is 13.0 Å². The third-order valence-corrected chi connectivity index (χ3v) is 4.05. The van der Waals surface area contributed by atoms with Crippen LogP contribution in [0.5, 0.6) is 0 Å². The Morgan fingerprint density at radius 1 is 0.762 bits per heavy atom. The fraction of sp³-hybridized carbons (Fsp3) is 0.263. The van der Waals surface area contributed by atoms with Crippen molar-refractivity contribution in [3.8, 4) is 0 Å². The van der Waals surface area contributed by atoms with Gasteiger partial charge in [0.2, 0.25) is 0 Å². The SMILES string of the molecule is CCN1C=CN(Cc2ccccc2)C1Cc1ccccc1. The highest BCUT2D eigenvalue weighted by Crippen LogP contribution is 2.22. The van der Waals surface area contributed by atoms with Gasteiger partial charge in [0.05, 0.1) is 0 Å². The maximum absolute atomic E-state index is 2.44. The van der Waals surface area contributed by atoms with Crippen LogP contribution in [-0.4, -0.2) is 22.5 Å². The zero-order chi connectivity index (χ0) is 14.5. The Hall–Kier alpha value is -2.22. The number of benzene rings is 2. The topological polar surface area (TPSA) is 6.48 Å². The van der Waals surface area contributed by atoms with Crippen LogP contribution >= 0.6 is 0 Å². The first kappa shape index (κ1) is 13.7. The largest absolute Gasteiger partial charge is 0.356 e. The van der Waals surface area contributed by atoms with E-state index < -0.39 is 0 Å². The molecule has 0 bridgehead atoms. The highest BCUT2D eigenvalue weighted by atomic mass is 15.4. The van der Waals surface area contributed by atoms with E-state index in [-0.39, 0.29) is 0 Å². The van der Waals surface area contributed by atoms with Gasteiger partial charge in [-0.25, -0.2) is 0 Å². The van der Waals surface area contributed by atoms with Crippen molar-refractivity contribution in [1.29, 1.82) is 0 Å². The Morgan fingerprint density at radius 3 is 1.95 bits per heavy atom. The second kappa shape index (κ2) is 6.49.